The van der Waals surface area contributed by atoms with Crippen molar-refractivity contribution >= 4 is 31.8 Å². The maximum atomic E-state index is 12.3. The molecule has 1 heterocycles. The van der Waals surface area contributed by atoms with Crippen LogP contribution in [0.15, 0.2) is 21.6 Å². The average Bonchev–Trinajstić information content (AvgIpc) is 2.35. The number of aliphatic hydroxyl groups excluding tert-OH is 1. The minimum atomic E-state index is -3.77. The Labute approximate surface area is 120 Å². The number of nitrogens with zero attached hydrogens (tertiary/aromatic N) is 1. The highest BCUT2D eigenvalue weighted by Crippen LogP contribution is 2.24. The summed E-state index contributed by atoms with van der Waals surface area (Å²) in [5, 5.41) is 9.82. The number of sulfonamides is 1. The molecule has 2 atom stereocenters. The van der Waals surface area contributed by atoms with E-state index in [0.717, 1.165) is 12.8 Å². The van der Waals surface area contributed by atoms with Crippen LogP contribution in [0, 0.1) is 0 Å². The summed E-state index contributed by atoms with van der Waals surface area (Å²) in [6.45, 7) is 0. The van der Waals surface area contributed by atoms with Gasteiger partial charge in [-0.3, -0.25) is 0 Å². The Hall–Kier alpha value is -0.700. The molecule has 0 saturated heterocycles. The van der Waals surface area contributed by atoms with Gasteiger partial charge < -0.3 is 10.8 Å². The van der Waals surface area contributed by atoms with Gasteiger partial charge in [0, 0.05) is 16.7 Å². The van der Waals surface area contributed by atoms with Crippen molar-refractivity contribution in [3.63, 3.8) is 0 Å². The van der Waals surface area contributed by atoms with Crippen LogP contribution >= 0.6 is 15.9 Å². The van der Waals surface area contributed by atoms with Crippen molar-refractivity contribution in [2.45, 2.75) is 42.7 Å². The molecule has 6 nitrogen and oxygen atoms in total. The highest BCUT2D eigenvalue weighted by Gasteiger charge is 2.29. The molecule has 0 spiro atoms. The monoisotopic (exact) mass is 349 g/mol. The Balaban J connectivity index is 2.24. The van der Waals surface area contributed by atoms with Crippen molar-refractivity contribution in [2.24, 2.45) is 0 Å². The van der Waals surface area contributed by atoms with E-state index in [0.29, 0.717) is 17.3 Å². The number of hydrogen-bond donors (Lipinski definition) is 3. The smallest absolute Gasteiger partial charge is 0.244 e. The van der Waals surface area contributed by atoms with Gasteiger partial charge in [-0.1, -0.05) is 12.8 Å². The Morgan fingerprint density at radius 1 is 1.42 bits per heavy atom. The van der Waals surface area contributed by atoms with E-state index in [1.165, 1.54) is 12.3 Å². The van der Waals surface area contributed by atoms with Crippen LogP contribution in [0.5, 0.6) is 0 Å². The second-order valence-corrected chi connectivity index (χ2v) is 7.21. The predicted octanol–water partition coefficient (Wildman–Crippen LogP) is 1.01. The Kier molecular flexibility index (Phi) is 4.44. The SMILES string of the molecule is Nc1ncc(Br)cc1S(=O)(=O)NC1CCCCC1O. The van der Waals surface area contributed by atoms with Crippen LogP contribution in [0.4, 0.5) is 5.82 Å². The first-order valence-corrected chi connectivity index (χ1v) is 8.29. The van der Waals surface area contributed by atoms with Crippen LogP contribution < -0.4 is 10.5 Å². The fourth-order valence-electron chi connectivity index (χ4n) is 2.16. The fraction of sp³-hybridized carbons (Fsp3) is 0.545. The van der Waals surface area contributed by atoms with Crippen molar-refractivity contribution in [1.29, 1.82) is 0 Å². The third kappa shape index (κ3) is 3.44. The van der Waals surface area contributed by atoms with Crippen molar-refractivity contribution < 1.29 is 13.5 Å². The van der Waals surface area contributed by atoms with Gasteiger partial charge in [0.25, 0.3) is 0 Å². The van der Waals surface area contributed by atoms with Gasteiger partial charge in [0.15, 0.2) is 0 Å². The summed E-state index contributed by atoms with van der Waals surface area (Å²) in [7, 11) is -3.77. The maximum absolute atomic E-state index is 12.3. The van der Waals surface area contributed by atoms with Gasteiger partial charge in [0.1, 0.15) is 10.7 Å². The molecule has 4 N–H and O–H groups in total. The van der Waals surface area contributed by atoms with Gasteiger partial charge in [-0.05, 0) is 34.8 Å². The van der Waals surface area contributed by atoms with Crippen LogP contribution in [0.2, 0.25) is 0 Å². The van der Waals surface area contributed by atoms with E-state index in [2.05, 4.69) is 25.6 Å². The molecule has 1 aliphatic rings. The van der Waals surface area contributed by atoms with Crippen LogP contribution in [0.25, 0.3) is 0 Å². The predicted molar refractivity (Wildman–Crippen MR) is 74.9 cm³/mol. The lowest BCUT2D eigenvalue weighted by atomic mass is 9.93. The molecule has 0 aliphatic heterocycles. The average molecular weight is 350 g/mol. The molecule has 1 aliphatic carbocycles. The van der Waals surface area contributed by atoms with E-state index in [9.17, 15) is 13.5 Å². The summed E-state index contributed by atoms with van der Waals surface area (Å²) in [4.78, 5) is 3.74. The van der Waals surface area contributed by atoms with Crippen LogP contribution in [0.3, 0.4) is 0 Å². The molecule has 2 rings (SSSR count). The minimum absolute atomic E-state index is 0.0546. The van der Waals surface area contributed by atoms with E-state index in [-0.39, 0.29) is 10.7 Å². The molecule has 1 aromatic heterocycles. The summed E-state index contributed by atoms with van der Waals surface area (Å²) in [5.74, 6) is -0.0546. The van der Waals surface area contributed by atoms with Gasteiger partial charge in [-0.25, -0.2) is 18.1 Å². The van der Waals surface area contributed by atoms with E-state index >= 15 is 0 Å². The second kappa shape index (κ2) is 5.74. The van der Waals surface area contributed by atoms with Gasteiger partial charge in [-0.2, -0.15) is 0 Å². The highest BCUT2D eigenvalue weighted by molar-refractivity contribution is 9.10. The number of anilines is 1. The van der Waals surface area contributed by atoms with Crippen LogP contribution in [0.1, 0.15) is 25.7 Å². The van der Waals surface area contributed by atoms with Gasteiger partial charge in [-0.15, -0.1) is 0 Å². The molecule has 106 valence electrons. The van der Waals surface area contributed by atoms with Crippen LogP contribution in [-0.2, 0) is 10.0 Å². The van der Waals surface area contributed by atoms with Gasteiger partial charge >= 0.3 is 0 Å². The molecule has 2 unspecified atom stereocenters. The van der Waals surface area contributed by atoms with E-state index in [4.69, 9.17) is 5.73 Å². The molecule has 1 fully saturated rings. The first kappa shape index (κ1) is 14.7. The molecule has 8 heteroatoms. The Morgan fingerprint density at radius 2 is 2.11 bits per heavy atom. The van der Waals surface area contributed by atoms with Gasteiger partial charge in [0.05, 0.1) is 6.10 Å². The van der Waals surface area contributed by atoms with E-state index < -0.39 is 22.2 Å². The number of nitrogens with one attached hydrogen (secondary N) is 1. The number of nitrogens with two attached hydrogens (primary N) is 1. The number of hydrogen-bond acceptors (Lipinski definition) is 5. The largest absolute Gasteiger partial charge is 0.391 e. The number of rotatable bonds is 3. The lowest BCUT2D eigenvalue weighted by molar-refractivity contribution is 0.101. The first-order valence-electron chi connectivity index (χ1n) is 6.01. The van der Waals surface area contributed by atoms with E-state index in [1.54, 1.807) is 0 Å². The third-order valence-corrected chi connectivity index (χ3v) is 5.13. The molecule has 1 aromatic rings. The van der Waals surface area contributed by atoms with Crippen molar-refractivity contribution in [3.05, 3.63) is 16.7 Å². The Morgan fingerprint density at radius 3 is 2.79 bits per heavy atom. The number of nitrogen functional groups attached to an aromatic ring is 1. The lowest BCUT2D eigenvalue weighted by Crippen LogP contribution is -2.45. The summed E-state index contributed by atoms with van der Waals surface area (Å²) < 4.78 is 27.6. The second-order valence-electron chi connectivity index (χ2n) is 4.62. The minimum Gasteiger partial charge on any atom is -0.391 e. The lowest BCUT2D eigenvalue weighted by Gasteiger charge is -2.28. The van der Waals surface area contributed by atoms with Gasteiger partial charge in [0.2, 0.25) is 10.0 Å². The zero-order valence-electron chi connectivity index (χ0n) is 10.2. The first-order chi connectivity index (χ1) is 8.90. The molecular weight excluding hydrogens is 334 g/mol. The van der Waals surface area contributed by atoms with Crippen LogP contribution in [-0.4, -0.2) is 30.7 Å². The molecule has 19 heavy (non-hydrogen) atoms. The van der Waals surface area contributed by atoms with Crippen molar-refractivity contribution in [2.75, 3.05) is 5.73 Å². The molecule has 1 saturated carbocycles. The van der Waals surface area contributed by atoms with Crippen molar-refractivity contribution in [1.82, 2.24) is 9.71 Å². The van der Waals surface area contributed by atoms with E-state index in [1.807, 2.05) is 0 Å². The third-order valence-electron chi connectivity index (χ3n) is 3.17. The molecule has 0 radical (unpaired) electrons. The van der Waals surface area contributed by atoms with Crippen molar-refractivity contribution in [3.8, 4) is 0 Å². The molecular formula is C11H16BrN3O3S. The summed E-state index contributed by atoms with van der Waals surface area (Å²) >= 11 is 3.17. The molecule has 0 amide bonds. The zero-order chi connectivity index (χ0) is 14.0. The summed E-state index contributed by atoms with van der Waals surface area (Å²) in [6, 6.07) is 0.942. The number of halogens is 1. The number of aliphatic hydroxyl groups is 1. The Bertz CT molecular complexity index is 564. The maximum Gasteiger partial charge on any atom is 0.244 e. The quantitative estimate of drug-likeness (QED) is 0.755. The topological polar surface area (TPSA) is 105 Å². The molecule has 0 aromatic carbocycles. The highest BCUT2D eigenvalue weighted by atomic mass is 79.9. The zero-order valence-corrected chi connectivity index (χ0v) is 12.6. The summed E-state index contributed by atoms with van der Waals surface area (Å²) in [6.07, 6.45) is 3.84. The number of pyridine rings is 1. The fourth-order valence-corrected chi connectivity index (χ4v) is 4.05. The normalized spacial score (nSPS) is 24.3. The summed E-state index contributed by atoms with van der Waals surface area (Å²) in [5.41, 5.74) is 5.60. The number of aromatic nitrogens is 1. The molecule has 0 bridgehead atoms. The standard InChI is InChI=1S/C11H16BrN3O3S/c12-7-5-10(11(13)14-6-7)19(17,18)15-8-3-1-2-4-9(8)16/h5-6,8-9,15-16H,1-4H2,(H2,13,14).